The van der Waals surface area contributed by atoms with Crippen LogP contribution < -0.4 is 0 Å². The number of nitriles is 1. The fourth-order valence-electron chi connectivity index (χ4n) is 1.17. The number of rotatable bonds is 1. The fourth-order valence-corrected chi connectivity index (χ4v) is 1.83. The quantitative estimate of drug-likeness (QED) is 0.668. The Bertz CT molecular complexity index is 420. The third-order valence-corrected chi connectivity index (χ3v) is 2.55. The van der Waals surface area contributed by atoms with E-state index in [1.165, 1.54) is 11.1 Å². The molecule has 0 atom stereocenters. The molecule has 1 aromatic heterocycles. The Labute approximate surface area is 80.9 Å². The lowest BCUT2D eigenvalue weighted by Crippen LogP contribution is -1.75. The average molecular weight is 185 g/mol. The molecule has 1 nitrogen and oxygen atoms in total. The second-order valence-corrected chi connectivity index (χ2v) is 3.48. The Balaban J connectivity index is 2.40. The first kappa shape index (κ1) is 8.03. The summed E-state index contributed by atoms with van der Waals surface area (Å²) < 4.78 is 0. The Kier molecular flexibility index (Phi) is 2.11. The van der Waals surface area contributed by atoms with E-state index in [1.807, 2.05) is 29.6 Å². The van der Waals surface area contributed by atoms with E-state index in [4.69, 9.17) is 5.26 Å². The molecule has 13 heavy (non-hydrogen) atoms. The molecule has 0 aliphatic rings. The van der Waals surface area contributed by atoms with Crippen LogP contribution in [0.15, 0.2) is 41.1 Å². The summed E-state index contributed by atoms with van der Waals surface area (Å²) >= 11 is 1.68. The monoisotopic (exact) mass is 185 g/mol. The topological polar surface area (TPSA) is 23.8 Å². The maximum absolute atomic E-state index is 8.61. The van der Waals surface area contributed by atoms with Crippen molar-refractivity contribution in [2.45, 2.75) is 0 Å². The van der Waals surface area contributed by atoms with Crippen molar-refractivity contribution < 1.29 is 0 Å². The number of nitrogens with zero attached hydrogens (tertiary/aromatic N) is 1. The molecule has 0 aliphatic carbocycles. The number of benzene rings is 1. The summed E-state index contributed by atoms with van der Waals surface area (Å²) in [6, 6.07) is 11.8. The van der Waals surface area contributed by atoms with E-state index in [2.05, 4.69) is 17.5 Å². The Hall–Kier alpha value is -1.59. The summed E-state index contributed by atoms with van der Waals surface area (Å²) in [7, 11) is 0. The molecule has 0 N–H and O–H groups in total. The zero-order chi connectivity index (χ0) is 9.10. The van der Waals surface area contributed by atoms with Crippen LogP contribution in [-0.4, -0.2) is 0 Å². The second-order valence-electron chi connectivity index (χ2n) is 2.70. The standard InChI is InChI=1S/C11H7NS/c12-7-9-1-3-10(4-2-9)11-5-6-13-8-11/h1-6,8H. The number of thiophene rings is 1. The highest BCUT2D eigenvalue weighted by Crippen LogP contribution is 2.21. The van der Waals surface area contributed by atoms with E-state index >= 15 is 0 Å². The molecular formula is C11H7NS. The first-order valence-corrected chi connectivity index (χ1v) is 4.87. The Morgan fingerprint density at radius 1 is 1.00 bits per heavy atom. The van der Waals surface area contributed by atoms with Crippen LogP contribution >= 0.6 is 11.3 Å². The zero-order valence-corrected chi connectivity index (χ0v) is 7.71. The van der Waals surface area contributed by atoms with E-state index in [1.54, 1.807) is 11.3 Å². The van der Waals surface area contributed by atoms with Gasteiger partial charge >= 0.3 is 0 Å². The van der Waals surface area contributed by atoms with Crippen LogP contribution in [0.25, 0.3) is 11.1 Å². The van der Waals surface area contributed by atoms with Crippen molar-refractivity contribution in [3.05, 3.63) is 46.7 Å². The molecule has 1 aromatic carbocycles. The smallest absolute Gasteiger partial charge is 0.0991 e. The van der Waals surface area contributed by atoms with Gasteiger partial charge in [-0.3, -0.25) is 0 Å². The largest absolute Gasteiger partial charge is 0.192 e. The van der Waals surface area contributed by atoms with Crippen LogP contribution in [0, 0.1) is 11.3 Å². The molecule has 0 fully saturated rings. The lowest BCUT2D eigenvalue weighted by atomic mass is 10.1. The average Bonchev–Trinajstić information content (AvgIpc) is 2.71. The summed E-state index contributed by atoms with van der Waals surface area (Å²) in [6.45, 7) is 0. The van der Waals surface area contributed by atoms with E-state index in [9.17, 15) is 0 Å². The minimum Gasteiger partial charge on any atom is -0.192 e. The molecule has 2 aromatic rings. The van der Waals surface area contributed by atoms with E-state index in [0.717, 1.165) is 0 Å². The van der Waals surface area contributed by atoms with Crippen molar-refractivity contribution >= 4 is 11.3 Å². The predicted molar refractivity (Wildman–Crippen MR) is 54.5 cm³/mol. The molecule has 0 saturated carbocycles. The van der Waals surface area contributed by atoms with Gasteiger partial charge in [-0.1, -0.05) is 12.1 Å². The van der Waals surface area contributed by atoms with Crippen LogP contribution in [0.5, 0.6) is 0 Å². The van der Waals surface area contributed by atoms with Crippen LogP contribution in [0.2, 0.25) is 0 Å². The van der Waals surface area contributed by atoms with E-state index in [-0.39, 0.29) is 0 Å². The van der Waals surface area contributed by atoms with Gasteiger partial charge in [-0.15, -0.1) is 0 Å². The van der Waals surface area contributed by atoms with Gasteiger partial charge in [0.15, 0.2) is 0 Å². The summed E-state index contributed by atoms with van der Waals surface area (Å²) in [5.74, 6) is 0. The zero-order valence-electron chi connectivity index (χ0n) is 6.90. The van der Waals surface area contributed by atoms with Crippen molar-refractivity contribution in [2.24, 2.45) is 0 Å². The summed E-state index contributed by atoms with van der Waals surface area (Å²) in [4.78, 5) is 0. The van der Waals surface area contributed by atoms with Gasteiger partial charge in [0, 0.05) is 0 Å². The van der Waals surface area contributed by atoms with Crippen molar-refractivity contribution in [1.29, 1.82) is 5.26 Å². The molecule has 0 aliphatic heterocycles. The van der Waals surface area contributed by atoms with Crippen molar-refractivity contribution in [1.82, 2.24) is 0 Å². The lowest BCUT2D eigenvalue weighted by Gasteiger charge is -1.95. The molecule has 62 valence electrons. The minimum absolute atomic E-state index is 0.707. The maximum Gasteiger partial charge on any atom is 0.0991 e. The van der Waals surface area contributed by atoms with Gasteiger partial charge in [0.05, 0.1) is 11.6 Å². The van der Waals surface area contributed by atoms with Crippen LogP contribution in [0.3, 0.4) is 0 Å². The molecule has 0 radical (unpaired) electrons. The van der Waals surface area contributed by atoms with E-state index < -0.39 is 0 Å². The lowest BCUT2D eigenvalue weighted by molar-refractivity contribution is 1.48. The molecule has 2 rings (SSSR count). The molecule has 0 unspecified atom stereocenters. The SMILES string of the molecule is N#Cc1ccc(-c2ccsc2)cc1. The highest BCUT2D eigenvalue weighted by molar-refractivity contribution is 7.08. The number of hydrogen-bond donors (Lipinski definition) is 0. The Morgan fingerprint density at radius 2 is 1.77 bits per heavy atom. The summed E-state index contributed by atoms with van der Waals surface area (Å²) in [5, 5.41) is 12.8. The fraction of sp³-hybridized carbons (Fsp3) is 0. The van der Waals surface area contributed by atoms with Gasteiger partial charge in [0.1, 0.15) is 0 Å². The minimum atomic E-state index is 0.707. The van der Waals surface area contributed by atoms with Crippen LogP contribution in [-0.2, 0) is 0 Å². The third-order valence-electron chi connectivity index (χ3n) is 1.87. The second kappa shape index (κ2) is 3.42. The van der Waals surface area contributed by atoms with Gasteiger partial charge in [-0.05, 0) is 40.1 Å². The molecular weight excluding hydrogens is 178 g/mol. The van der Waals surface area contributed by atoms with E-state index in [0.29, 0.717) is 5.56 Å². The molecule has 2 heteroatoms. The van der Waals surface area contributed by atoms with Gasteiger partial charge in [-0.2, -0.15) is 16.6 Å². The molecule has 0 saturated heterocycles. The highest BCUT2D eigenvalue weighted by Gasteiger charge is 1.96. The predicted octanol–water partition coefficient (Wildman–Crippen LogP) is 3.29. The summed E-state index contributed by atoms with van der Waals surface area (Å²) in [5.41, 5.74) is 3.09. The molecule has 0 spiro atoms. The first-order valence-electron chi connectivity index (χ1n) is 3.93. The molecule has 0 amide bonds. The van der Waals surface area contributed by atoms with Crippen molar-refractivity contribution in [3.8, 4) is 17.2 Å². The van der Waals surface area contributed by atoms with Crippen LogP contribution in [0.4, 0.5) is 0 Å². The van der Waals surface area contributed by atoms with Crippen molar-refractivity contribution in [2.75, 3.05) is 0 Å². The first-order chi connectivity index (χ1) is 6.40. The highest BCUT2D eigenvalue weighted by atomic mass is 32.1. The third kappa shape index (κ3) is 1.61. The summed E-state index contributed by atoms with van der Waals surface area (Å²) in [6.07, 6.45) is 0. The van der Waals surface area contributed by atoms with Crippen LogP contribution in [0.1, 0.15) is 5.56 Å². The van der Waals surface area contributed by atoms with Gasteiger partial charge in [0.2, 0.25) is 0 Å². The van der Waals surface area contributed by atoms with Gasteiger partial charge in [0.25, 0.3) is 0 Å². The van der Waals surface area contributed by atoms with Gasteiger partial charge in [-0.25, -0.2) is 0 Å². The molecule has 0 bridgehead atoms. The normalized spacial score (nSPS) is 9.46. The molecule has 1 heterocycles. The van der Waals surface area contributed by atoms with Gasteiger partial charge < -0.3 is 0 Å². The Morgan fingerprint density at radius 3 is 2.31 bits per heavy atom. The van der Waals surface area contributed by atoms with Crippen molar-refractivity contribution in [3.63, 3.8) is 0 Å². The maximum atomic E-state index is 8.61. The number of hydrogen-bond acceptors (Lipinski definition) is 2.